The largest absolute Gasteiger partial charge is 0.381 e. The van der Waals surface area contributed by atoms with Crippen LogP contribution < -0.4 is 4.90 Å². The molecule has 1 aliphatic heterocycles. The van der Waals surface area contributed by atoms with Gasteiger partial charge in [0.2, 0.25) is 0 Å². The Labute approximate surface area is 117 Å². The molecule has 1 aromatic heterocycles. The zero-order chi connectivity index (χ0) is 13.2. The fourth-order valence-electron chi connectivity index (χ4n) is 2.83. The number of nitrogens with zero attached hydrogens (tertiary/aromatic N) is 2. The highest BCUT2D eigenvalue weighted by atomic mass is 32.1. The molecule has 1 unspecified atom stereocenters. The number of hydrogen-bond acceptors (Lipinski definition) is 5. The Balaban J connectivity index is 1.69. The van der Waals surface area contributed by atoms with Crippen molar-refractivity contribution in [3.8, 4) is 0 Å². The van der Waals surface area contributed by atoms with Crippen LogP contribution in [0.15, 0.2) is 0 Å². The Morgan fingerprint density at radius 2 is 2.32 bits per heavy atom. The summed E-state index contributed by atoms with van der Waals surface area (Å²) in [6.45, 7) is 2.73. The number of ether oxygens (including phenoxy) is 1. The van der Waals surface area contributed by atoms with E-state index in [4.69, 9.17) is 4.74 Å². The van der Waals surface area contributed by atoms with Crippen molar-refractivity contribution in [1.82, 2.24) is 4.98 Å². The van der Waals surface area contributed by atoms with Crippen LogP contribution in [0.1, 0.15) is 41.0 Å². The lowest BCUT2D eigenvalue weighted by Crippen LogP contribution is -2.30. The van der Waals surface area contributed by atoms with Crippen LogP contribution in [0.2, 0.25) is 0 Å². The van der Waals surface area contributed by atoms with Crippen LogP contribution in [-0.4, -0.2) is 37.6 Å². The molecule has 0 N–H and O–H groups in total. The van der Waals surface area contributed by atoms with Crippen molar-refractivity contribution in [2.24, 2.45) is 5.92 Å². The normalized spacial score (nSPS) is 23.2. The zero-order valence-electron chi connectivity index (χ0n) is 11.4. The van der Waals surface area contributed by atoms with Gasteiger partial charge in [0.1, 0.15) is 5.69 Å². The van der Waals surface area contributed by atoms with Crippen molar-refractivity contribution < 1.29 is 9.53 Å². The summed E-state index contributed by atoms with van der Waals surface area (Å²) < 4.78 is 5.52. The first-order valence-corrected chi connectivity index (χ1v) is 7.87. The second-order valence-electron chi connectivity index (χ2n) is 5.51. The van der Waals surface area contributed by atoms with Gasteiger partial charge in [0.25, 0.3) is 0 Å². The maximum Gasteiger partial charge on any atom is 0.185 e. The number of aryl methyl sites for hydroxylation is 1. The van der Waals surface area contributed by atoms with Crippen LogP contribution in [-0.2, 0) is 11.2 Å². The Kier molecular flexibility index (Phi) is 3.84. The van der Waals surface area contributed by atoms with Crippen molar-refractivity contribution >= 4 is 22.3 Å². The van der Waals surface area contributed by atoms with Crippen LogP contribution in [0, 0.1) is 5.92 Å². The molecule has 2 aliphatic rings. The van der Waals surface area contributed by atoms with Crippen LogP contribution in [0.5, 0.6) is 0 Å². The van der Waals surface area contributed by atoms with E-state index >= 15 is 0 Å². The molecule has 0 spiro atoms. The van der Waals surface area contributed by atoms with Gasteiger partial charge >= 0.3 is 0 Å². The van der Waals surface area contributed by atoms with Crippen molar-refractivity contribution in [2.45, 2.75) is 32.1 Å². The third kappa shape index (κ3) is 2.82. The van der Waals surface area contributed by atoms with E-state index in [1.54, 1.807) is 11.3 Å². The van der Waals surface area contributed by atoms with E-state index in [9.17, 15) is 4.79 Å². The summed E-state index contributed by atoms with van der Waals surface area (Å²) in [4.78, 5) is 19.7. The fraction of sp³-hybridized carbons (Fsp3) is 0.714. The number of aromatic nitrogens is 1. The molecule has 4 nitrogen and oxygen atoms in total. The Morgan fingerprint density at radius 1 is 1.42 bits per heavy atom. The average molecular weight is 280 g/mol. The van der Waals surface area contributed by atoms with Gasteiger partial charge in [-0.3, -0.25) is 4.79 Å². The minimum Gasteiger partial charge on any atom is -0.381 e. The van der Waals surface area contributed by atoms with E-state index in [0.717, 1.165) is 49.8 Å². The van der Waals surface area contributed by atoms with Gasteiger partial charge in [0, 0.05) is 31.5 Å². The first-order valence-electron chi connectivity index (χ1n) is 7.06. The molecule has 0 aromatic carbocycles. The first-order chi connectivity index (χ1) is 9.24. The van der Waals surface area contributed by atoms with Crippen LogP contribution >= 0.6 is 11.3 Å². The van der Waals surface area contributed by atoms with Crippen LogP contribution in [0.4, 0.5) is 5.13 Å². The minimum atomic E-state index is 0.221. The summed E-state index contributed by atoms with van der Waals surface area (Å²) in [5, 5.41) is 0.992. The summed E-state index contributed by atoms with van der Waals surface area (Å²) in [6, 6.07) is 0. The number of rotatable bonds is 3. The summed E-state index contributed by atoms with van der Waals surface area (Å²) in [7, 11) is 2.07. The molecule has 0 bridgehead atoms. The topological polar surface area (TPSA) is 42.4 Å². The molecule has 1 atom stereocenters. The molecular weight excluding hydrogens is 260 g/mol. The number of carbonyl (C=O) groups is 1. The molecule has 2 heterocycles. The second kappa shape index (κ2) is 5.59. The van der Waals surface area contributed by atoms with E-state index in [2.05, 4.69) is 16.9 Å². The molecule has 1 aliphatic carbocycles. The van der Waals surface area contributed by atoms with Gasteiger partial charge in [-0.2, -0.15) is 0 Å². The predicted molar refractivity (Wildman–Crippen MR) is 76.2 cm³/mol. The van der Waals surface area contributed by atoms with Gasteiger partial charge < -0.3 is 9.64 Å². The molecule has 1 fully saturated rings. The second-order valence-corrected chi connectivity index (χ2v) is 6.57. The number of anilines is 1. The molecule has 5 heteroatoms. The molecule has 0 radical (unpaired) electrons. The number of hydrogen-bond donors (Lipinski definition) is 0. The lowest BCUT2D eigenvalue weighted by molar-refractivity contribution is 0.0576. The lowest BCUT2D eigenvalue weighted by atomic mass is 10.0. The molecular formula is C14H20N2O2S. The minimum absolute atomic E-state index is 0.221. The lowest BCUT2D eigenvalue weighted by Gasteiger charge is -2.26. The standard InChI is InChI=1S/C14H20N2O2S/c1-16(8-10-4-3-7-18-9-10)14-15-13-11(17)5-2-6-12(13)19-14/h10H,2-9H2,1H3. The SMILES string of the molecule is CN(CC1CCCOC1)c1nc2c(s1)CCCC2=O. The van der Waals surface area contributed by atoms with Gasteiger partial charge in [0.15, 0.2) is 10.9 Å². The van der Waals surface area contributed by atoms with Gasteiger partial charge in [-0.15, -0.1) is 11.3 Å². The third-order valence-corrected chi connectivity index (χ3v) is 5.10. The van der Waals surface area contributed by atoms with Gasteiger partial charge in [-0.1, -0.05) is 0 Å². The van der Waals surface area contributed by atoms with Gasteiger partial charge in [-0.05, 0) is 31.6 Å². The third-order valence-electron chi connectivity index (χ3n) is 3.87. The van der Waals surface area contributed by atoms with E-state index in [1.165, 1.54) is 11.3 Å². The molecule has 1 aromatic rings. The molecule has 19 heavy (non-hydrogen) atoms. The summed E-state index contributed by atoms with van der Waals surface area (Å²) in [5.41, 5.74) is 0.734. The highest BCUT2D eigenvalue weighted by molar-refractivity contribution is 7.16. The van der Waals surface area contributed by atoms with Crippen LogP contribution in [0.25, 0.3) is 0 Å². The van der Waals surface area contributed by atoms with E-state index in [0.29, 0.717) is 12.3 Å². The van der Waals surface area contributed by atoms with Crippen LogP contribution in [0.3, 0.4) is 0 Å². The maximum absolute atomic E-state index is 11.8. The van der Waals surface area contributed by atoms with E-state index < -0.39 is 0 Å². The Bertz CT molecular complexity index is 466. The quantitative estimate of drug-likeness (QED) is 0.853. The highest BCUT2D eigenvalue weighted by Gasteiger charge is 2.24. The highest BCUT2D eigenvalue weighted by Crippen LogP contribution is 2.31. The first kappa shape index (κ1) is 13.1. The molecule has 3 rings (SSSR count). The van der Waals surface area contributed by atoms with Gasteiger partial charge in [0.05, 0.1) is 6.61 Å². The molecule has 0 amide bonds. The number of Topliss-reactive ketones (excluding diaryl/α,β-unsaturated/α-hetero) is 1. The fourth-order valence-corrected chi connectivity index (χ4v) is 3.92. The number of thiazole rings is 1. The predicted octanol–water partition coefficient (Wildman–Crippen LogP) is 2.52. The maximum atomic E-state index is 11.8. The van der Waals surface area contributed by atoms with Gasteiger partial charge in [-0.25, -0.2) is 4.98 Å². The number of carbonyl (C=O) groups excluding carboxylic acids is 1. The van der Waals surface area contributed by atoms with Crippen molar-refractivity contribution in [3.63, 3.8) is 0 Å². The zero-order valence-corrected chi connectivity index (χ0v) is 12.2. The van der Waals surface area contributed by atoms with Crippen molar-refractivity contribution in [2.75, 3.05) is 31.7 Å². The molecule has 104 valence electrons. The smallest absolute Gasteiger partial charge is 0.185 e. The van der Waals surface area contributed by atoms with E-state index in [-0.39, 0.29) is 5.78 Å². The van der Waals surface area contributed by atoms with Crippen molar-refractivity contribution in [1.29, 1.82) is 0 Å². The molecule has 1 saturated heterocycles. The summed E-state index contributed by atoms with van der Waals surface area (Å²) in [5.74, 6) is 0.813. The monoisotopic (exact) mass is 280 g/mol. The Hall–Kier alpha value is -0.940. The number of fused-ring (bicyclic) bond motifs is 1. The Morgan fingerprint density at radius 3 is 3.05 bits per heavy atom. The summed E-state index contributed by atoms with van der Waals surface area (Å²) >= 11 is 1.69. The molecule has 0 saturated carbocycles. The average Bonchev–Trinajstić information content (AvgIpc) is 2.85. The summed E-state index contributed by atoms with van der Waals surface area (Å²) in [6.07, 6.45) is 5.04. The van der Waals surface area contributed by atoms with E-state index in [1.807, 2.05) is 0 Å². The van der Waals surface area contributed by atoms with Crippen molar-refractivity contribution in [3.05, 3.63) is 10.6 Å². The number of ketones is 1.